The molecule has 1 N–H and O–H groups in total. The molecule has 1 aliphatic heterocycles. The molecule has 1 heterocycles. The van der Waals surface area contributed by atoms with E-state index in [4.69, 9.17) is 0 Å². The summed E-state index contributed by atoms with van der Waals surface area (Å²) < 4.78 is 39.9. The van der Waals surface area contributed by atoms with E-state index in [-0.39, 0.29) is 27.9 Å². The summed E-state index contributed by atoms with van der Waals surface area (Å²) in [5.41, 5.74) is 0.255. The number of benzene rings is 1. The fourth-order valence-corrected chi connectivity index (χ4v) is 4.85. The molecule has 1 aromatic carbocycles. The number of carbonyl (C=O) groups is 1. The fraction of sp³-hybridized carbons (Fsp3) is 0.462. The van der Waals surface area contributed by atoms with Crippen LogP contribution in [0.2, 0.25) is 0 Å². The Kier molecular flexibility index (Phi) is 4.69. The molecule has 2 rings (SSSR count). The molecule has 0 amide bonds. The molecule has 0 radical (unpaired) electrons. The normalized spacial score (nSPS) is 20.4. The van der Waals surface area contributed by atoms with Gasteiger partial charge in [-0.2, -0.15) is 4.31 Å². The lowest BCUT2D eigenvalue weighted by molar-refractivity contribution is -0.142. The van der Waals surface area contributed by atoms with Crippen LogP contribution in [0.4, 0.5) is 4.39 Å². The summed E-state index contributed by atoms with van der Waals surface area (Å²) in [6.07, 6.45) is 1.58. The van der Waals surface area contributed by atoms with Crippen molar-refractivity contribution in [2.75, 3.05) is 6.54 Å². The van der Waals surface area contributed by atoms with Crippen LogP contribution in [0.1, 0.15) is 24.8 Å². The lowest BCUT2D eigenvalue weighted by Gasteiger charge is -2.32. The van der Waals surface area contributed by atoms with E-state index in [1.807, 2.05) is 0 Å². The maximum absolute atomic E-state index is 13.4. The van der Waals surface area contributed by atoms with Crippen LogP contribution < -0.4 is 0 Å². The second-order valence-corrected chi connectivity index (χ2v) is 7.71. The van der Waals surface area contributed by atoms with Gasteiger partial charge >= 0.3 is 5.97 Å². The Bertz CT molecular complexity index is 677. The van der Waals surface area contributed by atoms with Crippen LogP contribution in [0.25, 0.3) is 0 Å². The van der Waals surface area contributed by atoms with Gasteiger partial charge in [0, 0.05) is 6.54 Å². The lowest BCUT2D eigenvalue weighted by atomic mass is 10.1. The average molecular weight is 380 g/mol. The van der Waals surface area contributed by atoms with Crippen molar-refractivity contribution < 1.29 is 22.7 Å². The molecule has 0 saturated carbocycles. The Morgan fingerprint density at radius 3 is 2.71 bits per heavy atom. The predicted octanol–water partition coefficient (Wildman–Crippen LogP) is 2.52. The van der Waals surface area contributed by atoms with E-state index < -0.39 is 27.9 Å². The number of aliphatic carboxylic acids is 1. The standard InChI is InChI=1S/C13H15BrFNO4S/c1-8-6-10(15)9(14)7-12(8)21(19,20)16-5-3-2-4-11(16)13(17)18/h6-7,11H,2-5H2,1H3,(H,17,18). The van der Waals surface area contributed by atoms with Crippen molar-refractivity contribution in [3.8, 4) is 0 Å². The van der Waals surface area contributed by atoms with Crippen molar-refractivity contribution >= 4 is 31.9 Å². The summed E-state index contributed by atoms with van der Waals surface area (Å²) >= 11 is 2.97. The molecule has 0 aromatic heterocycles. The minimum absolute atomic E-state index is 0.0376. The molecule has 116 valence electrons. The molecule has 1 fully saturated rings. The summed E-state index contributed by atoms with van der Waals surface area (Å²) in [4.78, 5) is 11.2. The maximum Gasteiger partial charge on any atom is 0.322 e. The Morgan fingerprint density at radius 1 is 1.43 bits per heavy atom. The summed E-state index contributed by atoms with van der Waals surface area (Å²) in [5, 5.41) is 9.21. The first kappa shape index (κ1) is 16.4. The highest BCUT2D eigenvalue weighted by Crippen LogP contribution is 2.30. The SMILES string of the molecule is Cc1cc(F)c(Br)cc1S(=O)(=O)N1CCCCC1C(=O)O. The highest BCUT2D eigenvalue weighted by molar-refractivity contribution is 9.10. The largest absolute Gasteiger partial charge is 0.480 e. The third-order valence-electron chi connectivity index (χ3n) is 3.54. The minimum atomic E-state index is -3.97. The van der Waals surface area contributed by atoms with Gasteiger partial charge in [0.15, 0.2) is 0 Å². The molecular weight excluding hydrogens is 365 g/mol. The van der Waals surface area contributed by atoms with Gasteiger partial charge in [-0.3, -0.25) is 4.79 Å². The molecule has 0 spiro atoms. The zero-order valence-electron chi connectivity index (χ0n) is 11.3. The summed E-state index contributed by atoms with van der Waals surface area (Å²) in [6, 6.07) is 1.25. The monoisotopic (exact) mass is 379 g/mol. The van der Waals surface area contributed by atoms with E-state index in [0.29, 0.717) is 12.8 Å². The van der Waals surface area contributed by atoms with Gasteiger partial charge in [0.1, 0.15) is 11.9 Å². The fourth-order valence-electron chi connectivity index (χ4n) is 2.47. The van der Waals surface area contributed by atoms with Crippen molar-refractivity contribution in [1.29, 1.82) is 0 Å². The van der Waals surface area contributed by atoms with E-state index in [1.165, 1.54) is 13.0 Å². The Labute approximate surface area is 130 Å². The first-order valence-electron chi connectivity index (χ1n) is 6.45. The van der Waals surface area contributed by atoms with Crippen molar-refractivity contribution in [2.24, 2.45) is 0 Å². The third kappa shape index (κ3) is 3.12. The first-order valence-corrected chi connectivity index (χ1v) is 8.68. The van der Waals surface area contributed by atoms with E-state index >= 15 is 0 Å². The van der Waals surface area contributed by atoms with Gasteiger partial charge < -0.3 is 5.11 Å². The number of halogens is 2. The Hall–Kier alpha value is -0.990. The number of sulfonamides is 1. The van der Waals surface area contributed by atoms with E-state index in [1.54, 1.807) is 0 Å². The molecule has 21 heavy (non-hydrogen) atoms. The van der Waals surface area contributed by atoms with Gasteiger partial charge in [0.25, 0.3) is 0 Å². The van der Waals surface area contributed by atoms with Gasteiger partial charge in [-0.25, -0.2) is 12.8 Å². The van der Waals surface area contributed by atoms with Crippen molar-refractivity contribution in [1.82, 2.24) is 4.31 Å². The van der Waals surface area contributed by atoms with Gasteiger partial charge in [0.2, 0.25) is 10.0 Å². The highest BCUT2D eigenvalue weighted by Gasteiger charge is 2.38. The minimum Gasteiger partial charge on any atom is -0.480 e. The van der Waals surface area contributed by atoms with Crippen LogP contribution in [-0.4, -0.2) is 36.4 Å². The predicted molar refractivity (Wildman–Crippen MR) is 78.0 cm³/mol. The number of carboxylic acid groups (broad SMARTS) is 1. The topological polar surface area (TPSA) is 74.7 Å². The van der Waals surface area contributed by atoms with Crippen molar-refractivity contribution in [3.63, 3.8) is 0 Å². The van der Waals surface area contributed by atoms with Crippen molar-refractivity contribution in [2.45, 2.75) is 37.1 Å². The summed E-state index contributed by atoms with van der Waals surface area (Å²) in [5.74, 6) is -1.71. The van der Waals surface area contributed by atoms with E-state index in [0.717, 1.165) is 10.4 Å². The molecule has 0 aliphatic carbocycles. The summed E-state index contributed by atoms with van der Waals surface area (Å²) in [7, 11) is -3.97. The number of hydrogen-bond acceptors (Lipinski definition) is 3. The number of nitrogens with zero attached hydrogens (tertiary/aromatic N) is 1. The van der Waals surface area contributed by atoms with Crippen LogP contribution in [-0.2, 0) is 14.8 Å². The van der Waals surface area contributed by atoms with E-state index in [9.17, 15) is 22.7 Å². The second kappa shape index (κ2) is 6.02. The summed E-state index contributed by atoms with van der Waals surface area (Å²) in [6.45, 7) is 1.65. The number of piperidine rings is 1. The molecular formula is C13H15BrFNO4S. The zero-order chi connectivity index (χ0) is 15.8. The third-order valence-corrected chi connectivity index (χ3v) is 6.20. The zero-order valence-corrected chi connectivity index (χ0v) is 13.7. The second-order valence-electron chi connectivity index (χ2n) is 5.00. The molecule has 1 aromatic rings. The molecule has 8 heteroatoms. The average Bonchev–Trinajstić information content (AvgIpc) is 2.42. The number of carboxylic acids is 1. The van der Waals surface area contributed by atoms with Gasteiger partial charge in [-0.15, -0.1) is 0 Å². The molecule has 1 unspecified atom stereocenters. The van der Waals surface area contributed by atoms with Crippen LogP contribution >= 0.6 is 15.9 Å². The smallest absolute Gasteiger partial charge is 0.322 e. The molecule has 1 aliphatic rings. The number of rotatable bonds is 3. The Morgan fingerprint density at radius 2 is 2.10 bits per heavy atom. The maximum atomic E-state index is 13.4. The van der Waals surface area contributed by atoms with Crippen LogP contribution in [0.3, 0.4) is 0 Å². The molecule has 1 saturated heterocycles. The van der Waals surface area contributed by atoms with Crippen LogP contribution in [0.5, 0.6) is 0 Å². The highest BCUT2D eigenvalue weighted by atomic mass is 79.9. The molecule has 0 bridgehead atoms. The van der Waals surface area contributed by atoms with Gasteiger partial charge in [0.05, 0.1) is 9.37 Å². The lowest BCUT2D eigenvalue weighted by Crippen LogP contribution is -2.47. The number of hydrogen-bond donors (Lipinski definition) is 1. The van der Waals surface area contributed by atoms with Crippen LogP contribution in [0.15, 0.2) is 21.5 Å². The molecule has 5 nitrogen and oxygen atoms in total. The van der Waals surface area contributed by atoms with E-state index in [2.05, 4.69) is 15.9 Å². The van der Waals surface area contributed by atoms with Gasteiger partial charge in [-0.05, 0) is 59.8 Å². The number of aryl methyl sites for hydroxylation is 1. The van der Waals surface area contributed by atoms with Gasteiger partial charge in [-0.1, -0.05) is 0 Å². The first-order chi connectivity index (χ1) is 9.75. The Balaban J connectivity index is 2.50. The quantitative estimate of drug-likeness (QED) is 0.875. The van der Waals surface area contributed by atoms with Crippen LogP contribution in [0, 0.1) is 12.7 Å². The molecule has 1 atom stereocenters. The van der Waals surface area contributed by atoms with Crippen molar-refractivity contribution in [3.05, 3.63) is 28.0 Å².